The molecule has 9 rings (SSSR count). The fraction of sp³-hybridized carbons (Fsp3) is 0. The molecule has 0 saturated heterocycles. The Morgan fingerprint density at radius 1 is 0.235 bits per heavy atom. The number of fused-ring (bicyclic) bond motifs is 6. The van der Waals surface area contributed by atoms with Crippen molar-refractivity contribution in [2.24, 2.45) is 0 Å². The van der Waals surface area contributed by atoms with Crippen LogP contribution in [0.25, 0.3) is 83.6 Å². The molecular weight excluding hydrogens is 800 g/mol. The van der Waals surface area contributed by atoms with Gasteiger partial charge in [-0.1, -0.05) is 65.6 Å². The van der Waals surface area contributed by atoms with Crippen molar-refractivity contribution in [1.82, 2.24) is 19.5 Å². The van der Waals surface area contributed by atoms with Crippen molar-refractivity contribution >= 4 is 363 Å². The zero-order chi connectivity index (χ0) is 49.9. The lowest BCUT2D eigenvalue weighted by Gasteiger charge is -2.23. The number of hydrogen-bond acceptors (Lipinski definition) is 4. The zero-order valence-electron chi connectivity index (χ0n) is 35.6. The first kappa shape index (κ1) is 48.5. The van der Waals surface area contributed by atoms with Crippen LogP contribution in [-0.2, 0) is 0 Å². The minimum Gasteiger partial charge on any atom is -0.457 e. The number of furan rings is 1. The normalized spacial score (nSPS) is 11.8. The van der Waals surface area contributed by atoms with Crippen LogP contribution in [0.5, 0.6) is 0 Å². The third kappa shape index (κ3) is 6.40. The maximum Gasteiger partial charge on any atom is 0.163 e. The Morgan fingerprint density at radius 3 is 0.853 bits per heavy atom. The second-order valence-corrected chi connectivity index (χ2v) is 16.0. The summed E-state index contributed by atoms with van der Waals surface area (Å²) in [6.45, 7) is 0. The summed E-state index contributed by atoms with van der Waals surface area (Å²) in [4.78, 5) is 14.0. The van der Waals surface area contributed by atoms with E-state index >= 15 is 0 Å². The molecule has 0 saturated carbocycles. The molecule has 0 bridgehead atoms. The van der Waals surface area contributed by atoms with Crippen LogP contribution in [-0.4, -0.2) is 208 Å². The van der Waals surface area contributed by atoms with Crippen LogP contribution in [0.2, 0.25) is 0 Å². The van der Waals surface area contributed by atoms with Crippen LogP contribution in [0.3, 0.4) is 0 Å². The molecule has 9 aromatic rings. The van der Waals surface area contributed by atoms with Gasteiger partial charge in [0.05, 0.1) is 0 Å². The third-order valence-corrected chi connectivity index (χ3v) is 12.5. The van der Waals surface area contributed by atoms with Crippen LogP contribution < -0.4 is 131 Å². The Bertz CT molecular complexity index is 3640. The summed E-state index contributed by atoms with van der Waals surface area (Å²) < 4.78 is 7.95. The van der Waals surface area contributed by atoms with Gasteiger partial charge in [0, 0.05) is 44.2 Å². The molecular formula is C39B24N4O. The van der Waals surface area contributed by atoms with Gasteiger partial charge in [0.15, 0.2) is 17.5 Å². The summed E-state index contributed by atoms with van der Waals surface area (Å²) in [6, 6.07) is 0. The second-order valence-electron chi connectivity index (χ2n) is 16.0. The third-order valence-electron chi connectivity index (χ3n) is 12.5. The highest BCUT2D eigenvalue weighted by molar-refractivity contribution is 6.74. The van der Waals surface area contributed by atoms with Gasteiger partial charge < -0.3 is 8.98 Å². The Hall–Kier alpha value is -4.51. The van der Waals surface area contributed by atoms with E-state index in [1.165, 1.54) is 4.57 Å². The number of hydrogen-bond donors (Lipinski definition) is 0. The Labute approximate surface area is 424 Å². The lowest BCUT2D eigenvalue weighted by Crippen LogP contribution is -2.55. The lowest BCUT2D eigenvalue weighted by molar-refractivity contribution is 0.674. The molecule has 0 aliphatic heterocycles. The molecule has 68 heavy (non-hydrogen) atoms. The molecule has 0 unspecified atom stereocenters. The van der Waals surface area contributed by atoms with Crippen LogP contribution in [0, 0.1) is 0 Å². The van der Waals surface area contributed by atoms with E-state index in [1.54, 1.807) is 0 Å². The molecule has 3 aromatic heterocycles. The van der Waals surface area contributed by atoms with Crippen molar-refractivity contribution in [3.8, 4) is 39.9 Å². The number of rotatable bonds is 4. The van der Waals surface area contributed by atoms with Gasteiger partial charge >= 0.3 is 0 Å². The standard InChI is InChI=1S/C39B24N4O/c40-8-1-2-9(41)19(51)27(59)30(62)33(2)67(32(1)29(61)26(58)18(8)50)34-28(60)11(43)4-3-10(42)12(44)7(17(49)35(3)68-36(4)31(34)63)39-65-37(5-13(45)20(52)24(56)21(53)14(5)46)64-38(66-39)6-15(47)22(54)25(57)23(55)16(6)48. The zero-order valence-corrected chi connectivity index (χ0v) is 35.6. The van der Waals surface area contributed by atoms with Crippen molar-refractivity contribution in [3.05, 3.63) is 0 Å². The average Bonchev–Trinajstić information content (AvgIpc) is 3.89. The van der Waals surface area contributed by atoms with E-state index in [9.17, 15) is 0 Å². The van der Waals surface area contributed by atoms with Gasteiger partial charge in [0.2, 0.25) is 0 Å². The average molecular weight is 800 g/mol. The second kappa shape index (κ2) is 16.5. The molecule has 6 aromatic carbocycles. The largest absolute Gasteiger partial charge is 0.457 e. The highest BCUT2D eigenvalue weighted by atomic mass is 16.3. The maximum absolute atomic E-state index is 7.06. The first-order chi connectivity index (χ1) is 31.8. The molecule has 29 heteroatoms. The van der Waals surface area contributed by atoms with Gasteiger partial charge in [-0.2, -0.15) is 0 Å². The Kier molecular flexibility index (Phi) is 11.8. The number of benzene rings is 6. The molecule has 0 amide bonds. The Morgan fingerprint density at radius 2 is 0.485 bits per heavy atom. The lowest BCUT2D eigenvalue weighted by atomic mass is 9.60. The molecule has 0 atom stereocenters. The molecule has 254 valence electrons. The Balaban J connectivity index is 1.41. The first-order valence-corrected chi connectivity index (χ1v) is 19.6. The molecule has 0 spiro atoms. The first-order valence-electron chi connectivity index (χ1n) is 19.6. The van der Waals surface area contributed by atoms with Crippen LogP contribution in [0.15, 0.2) is 4.42 Å². The minimum atomic E-state index is -0.282. The van der Waals surface area contributed by atoms with E-state index < -0.39 is 0 Å². The van der Waals surface area contributed by atoms with Crippen molar-refractivity contribution in [2.45, 2.75) is 0 Å². The topological polar surface area (TPSA) is 56.7 Å². The SMILES string of the molecule is [B]c1c([B])c([B])c(-c2nc(-c3c([B])c([B])c([B])c([B])c3[B])nc(-c3c([B])c([B])c4c(oc5c([B])c(-n6c7c([B])c([B])c([B])c([B])c7c7c([B])c([B])c([B])c([B])c76)c([B])c([B])c54)c3[B])n2)c([B])c1[B]. The summed E-state index contributed by atoms with van der Waals surface area (Å²) >= 11 is 0. The van der Waals surface area contributed by atoms with Gasteiger partial charge in [0.1, 0.15) is 199 Å². The van der Waals surface area contributed by atoms with E-state index in [1.807, 2.05) is 0 Å². The van der Waals surface area contributed by atoms with E-state index in [0.717, 1.165) is 0 Å². The number of aromatic nitrogens is 4. The van der Waals surface area contributed by atoms with Gasteiger partial charge in [-0.15, -0.1) is 54.6 Å². The molecule has 0 fully saturated rings. The summed E-state index contributed by atoms with van der Waals surface area (Å²) in [6.07, 6.45) is 0. The minimum absolute atomic E-state index is 0.0174. The van der Waals surface area contributed by atoms with E-state index in [-0.39, 0.29) is 215 Å². The molecule has 3 heterocycles. The van der Waals surface area contributed by atoms with Gasteiger partial charge in [-0.25, -0.2) is 15.0 Å². The van der Waals surface area contributed by atoms with Gasteiger partial charge in [0.25, 0.3) is 0 Å². The highest BCUT2D eigenvalue weighted by Gasteiger charge is 2.29. The number of nitrogens with zero attached hydrogens (tertiary/aromatic N) is 4. The molecule has 0 aliphatic rings. The molecule has 48 radical (unpaired) electrons. The van der Waals surface area contributed by atoms with Crippen molar-refractivity contribution in [3.63, 3.8) is 0 Å². The quantitative estimate of drug-likeness (QED) is 0.166. The van der Waals surface area contributed by atoms with Gasteiger partial charge in [-0.3, -0.25) is 0 Å². The maximum atomic E-state index is 7.06. The fourth-order valence-corrected chi connectivity index (χ4v) is 8.68. The molecule has 5 nitrogen and oxygen atoms in total. The summed E-state index contributed by atoms with van der Waals surface area (Å²) in [5.74, 6) is -0.791. The summed E-state index contributed by atoms with van der Waals surface area (Å²) in [5, 5.41) is 0.572. The van der Waals surface area contributed by atoms with E-state index in [0.29, 0.717) is 0 Å². The van der Waals surface area contributed by atoms with Crippen LogP contribution >= 0.6 is 0 Å². The van der Waals surface area contributed by atoms with Crippen molar-refractivity contribution in [1.29, 1.82) is 0 Å². The summed E-state index contributed by atoms with van der Waals surface area (Å²) in [5.41, 5.74) is -3.06. The highest BCUT2D eigenvalue weighted by Crippen LogP contribution is 2.30. The molecule has 0 N–H and O–H groups in total. The fourth-order valence-electron chi connectivity index (χ4n) is 8.68. The van der Waals surface area contributed by atoms with Crippen molar-refractivity contribution in [2.75, 3.05) is 0 Å². The smallest absolute Gasteiger partial charge is 0.163 e. The summed E-state index contributed by atoms with van der Waals surface area (Å²) in [7, 11) is 157. The van der Waals surface area contributed by atoms with Crippen LogP contribution in [0.4, 0.5) is 0 Å². The van der Waals surface area contributed by atoms with Crippen LogP contribution in [0.1, 0.15) is 0 Å². The van der Waals surface area contributed by atoms with E-state index in [2.05, 4.69) is 15.0 Å². The monoisotopic (exact) mass is 804 g/mol. The van der Waals surface area contributed by atoms with Gasteiger partial charge in [-0.05, 0) is 21.7 Å². The van der Waals surface area contributed by atoms with E-state index in [4.69, 9.17) is 193 Å². The molecule has 0 aliphatic carbocycles. The van der Waals surface area contributed by atoms with Crippen molar-refractivity contribution < 1.29 is 4.42 Å². The predicted octanol–water partition coefficient (Wildman–Crippen LogP) is -19.1. The predicted molar refractivity (Wildman–Crippen MR) is 307 cm³/mol.